The van der Waals surface area contributed by atoms with E-state index in [1.807, 2.05) is 18.2 Å². The Morgan fingerprint density at radius 3 is 2.58 bits per heavy atom. The van der Waals surface area contributed by atoms with Crippen molar-refractivity contribution in [3.05, 3.63) is 35.9 Å². The Kier molecular flexibility index (Phi) is 5.37. The van der Waals surface area contributed by atoms with Gasteiger partial charge in [-0.1, -0.05) is 37.3 Å². The van der Waals surface area contributed by atoms with Gasteiger partial charge in [-0.05, 0) is 37.3 Å². The third-order valence-corrected chi connectivity index (χ3v) is 3.91. The van der Waals surface area contributed by atoms with E-state index in [9.17, 15) is 5.11 Å². The molecule has 1 saturated carbocycles. The number of benzene rings is 1. The van der Waals surface area contributed by atoms with Crippen LogP contribution >= 0.6 is 0 Å². The molecule has 0 heterocycles. The van der Waals surface area contributed by atoms with Gasteiger partial charge in [0.1, 0.15) is 0 Å². The third kappa shape index (κ3) is 4.94. The molecule has 0 bridgehead atoms. The molecular formula is C16H26N2O. The van der Waals surface area contributed by atoms with Gasteiger partial charge in [0.15, 0.2) is 0 Å². The van der Waals surface area contributed by atoms with Crippen molar-refractivity contribution in [1.29, 1.82) is 0 Å². The van der Waals surface area contributed by atoms with Crippen molar-refractivity contribution in [2.24, 2.45) is 11.7 Å². The molecule has 2 rings (SSSR count). The molecule has 1 aliphatic carbocycles. The first kappa shape index (κ1) is 14.5. The number of hydrogen-bond acceptors (Lipinski definition) is 3. The van der Waals surface area contributed by atoms with Gasteiger partial charge in [-0.25, -0.2) is 0 Å². The molecule has 106 valence electrons. The second kappa shape index (κ2) is 7.04. The summed E-state index contributed by atoms with van der Waals surface area (Å²) in [7, 11) is 0. The van der Waals surface area contributed by atoms with Gasteiger partial charge in [0.2, 0.25) is 0 Å². The summed E-state index contributed by atoms with van der Waals surface area (Å²) in [6.07, 6.45) is 2.99. The fourth-order valence-corrected chi connectivity index (χ4v) is 2.42. The normalized spacial score (nSPS) is 18.5. The van der Waals surface area contributed by atoms with Gasteiger partial charge in [0.05, 0.1) is 6.10 Å². The topological polar surface area (TPSA) is 49.5 Å². The van der Waals surface area contributed by atoms with Gasteiger partial charge in [-0.15, -0.1) is 0 Å². The first-order valence-corrected chi connectivity index (χ1v) is 7.39. The van der Waals surface area contributed by atoms with Gasteiger partial charge in [-0.2, -0.15) is 0 Å². The van der Waals surface area contributed by atoms with Gasteiger partial charge in [0, 0.05) is 19.1 Å². The molecule has 1 aromatic carbocycles. The van der Waals surface area contributed by atoms with Crippen molar-refractivity contribution in [2.45, 2.75) is 38.3 Å². The Labute approximate surface area is 116 Å². The lowest BCUT2D eigenvalue weighted by molar-refractivity contribution is 0.0910. The quantitative estimate of drug-likeness (QED) is 0.749. The summed E-state index contributed by atoms with van der Waals surface area (Å²) in [5.41, 5.74) is 7.32. The highest BCUT2D eigenvalue weighted by molar-refractivity contribution is 5.16. The smallest absolute Gasteiger partial charge is 0.0820 e. The maximum Gasteiger partial charge on any atom is 0.0820 e. The summed E-state index contributed by atoms with van der Waals surface area (Å²) in [5.74, 6) is 0.859. The highest BCUT2D eigenvalue weighted by Gasteiger charge is 2.25. The lowest BCUT2D eigenvalue weighted by atomic mass is 10.0. The monoisotopic (exact) mass is 262 g/mol. The van der Waals surface area contributed by atoms with Crippen molar-refractivity contribution in [1.82, 2.24) is 4.90 Å². The Morgan fingerprint density at radius 1 is 1.32 bits per heavy atom. The Balaban J connectivity index is 1.78. The van der Waals surface area contributed by atoms with Crippen LogP contribution in [0.2, 0.25) is 0 Å². The number of nitrogens with zero attached hydrogens (tertiary/aromatic N) is 1. The molecule has 1 aromatic rings. The zero-order chi connectivity index (χ0) is 13.7. The number of nitrogens with two attached hydrogens (primary N) is 1. The van der Waals surface area contributed by atoms with Crippen LogP contribution in [0.5, 0.6) is 0 Å². The van der Waals surface area contributed by atoms with Crippen molar-refractivity contribution >= 4 is 0 Å². The van der Waals surface area contributed by atoms with Crippen LogP contribution in [0.15, 0.2) is 30.3 Å². The van der Waals surface area contributed by atoms with Crippen LogP contribution in [0.25, 0.3) is 0 Å². The van der Waals surface area contributed by atoms with Gasteiger partial charge < -0.3 is 15.7 Å². The first-order chi connectivity index (χ1) is 9.19. The van der Waals surface area contributed by atoms with Crippen LogP contribution in [0.1, 0.15) is 25.3 Å². The number of aliphatic hydroxyl groups excluding tert-OH is 1. The largest absolute Gasteiger partial charge is 0.390 e. The minimum atomic E-state index is -0.445. The van der Waals surface area contributed by atoms with E-state index in [-0.39, 0.29) is 6.04 Å². The second-order valence-corrected chi connectivity index (χ2v) is 5.72. The molecule has 2 atom stereocenters. The van der Waals surface area contributed by atoms with E-state index in [0.717, 1.165) is 25.4 Å². The number of hydrogen-bond donors (Lipinski definition) is 2. The Bertz CT molecular complexity index is 364. The van der Waals surface area contributed by atoms with Crippen LogP contribution in [0, 0.1) is 5.92 Å². The van der Waals surface area contributed by atoms with E-state index in [2.05, 4.69) is 24.0 Å². The highest BCUT2D eigenvalue weighted by atomic mass is 16.3. The molecule has 1 fully saturated rings. The molecule has 3 nitrogen and oxygen atoms in total. The molecule has 0 amide bonds. The molecule has 0 aliphatic heterocycles. The minimum absolute atomic E-state index is 0.185. The van der Waals surface area contributed by atoms with E-state index in [1.54, 1.807) is 0 Å². The SMILES string of the molecule is CCN(CC1CC1)CC(O)C(N)Cc1ccccc1. The fraction of sp³-hybridized carbons (Fsp3) is 0.625. The predicted molar refractivity (Wildman–Crippen MR) is 79.0 cm³/mol. The Morgan fingerprint density at radius 2 is 2.00 bits per heavy atom. The Hall–Kier alpha value is -0.900. The van der Waals surface area contributed by atoms with E-state index in [0.29, 0.717) is 6.54 Å². The highest BCUT2D eigenvalue weighted by Crippen LogP contribution is 2.29. The second-order valence-electron chi connectivity index (χ2n) is 5.72. The molecule has 19 heavy (non-hydrogen) atoms. The standard InChI is InChI=1S/C16H26N2O/c1-2-18(11-14-8-9-14)12-16(19)15(17)10-13-6-4-3-5-7-13/h3-7,14-16,19H,2,8-12,17H2,1H3. The van der Waals surface area contributed by atoms with E-state index in [1.165, 1.54) is 18.4 Å². The van der Waals surface area contributed by atoms with E-state index in [4.69, 9.17) is 5.73 Å². The molecule has 3 heteroatoms. The summed E-state index contributed by atoms with van der Waals surface area (Å²) >= 11 is 0. The van der Waals surface area contributed by atoms with Crippen molar-refractivity contribution < 1.29 is 5.11 Å². The summed E-state index contributed by atoms with van der Waals surface area (Å²) < 4.78 is 0. The molecule has 0 radical (unpaired) electrons. The summed E-state index contributed by atoms with van der Waals surface area (Å²) in [4.78, 5) is 2.33. The lowest BCUT2D eigenvalue weighted by Crippen LogP contribution is -2.45. The first-order valence-electron chi connectivity index (χ1n) is 7.39. The van der Waals surface area contributed by atoms with E-state index >= 15 is 0 Å². The van der Waals surface area contributed by atoms with E-state index < -0.39 is 6.10 Å². The van der Waals surface area contributed by atoms with Crippen molar-refractivity contribution in [3.63, 3.8) is 0 Å². The van der Waals surface area contributed by atoms with Crippen molar-refractivity contribution in [3.8, 4) is 0 Å². The van der Waals surface area contributed by atoms with Gasteiger partial charge in [-0.3, -0.25) is 0 Å². The summed E-state index contributed by atoms with van der Waals surface area (Å²) in [6.45, 7) is 4.95. The maximum absolute atomic E-state index is 10.2. The molecule has 1 aliphatic rings. The molecule has 0 saturated heterocycles. The fourth-order valence-electron chi connectivity index (χ4n) is 2.42. The van der Waals surface area contributed by atoms with Crippen LogP contribution in [-0.2, 0) is 6.42 Å². The molecule has 2 unspecified atom stereocenters. The zero-order valence-corrected chi connectivity index (χ0v) is 11.8. The number of likely N-dealkylation sites (N-methyl/N-ethyl adjacent to an activating group) is 1. The predicted octanol–water partition coefficient (Wildman–Crippen LogP) is 1.65. The van der Waals surface area contributed by atoms with Gasteiger partial charge in [0.25, 0.3) is 0 Å². The van der Waals surface area contributed by atoms with Crippen LogP contribution in [0.3, 0.4) is 0 Å². The van der Waals surface area contributed by atoms with Crippen LogP contribution in [0.4, 0.5) is 0 Å². The summed E-state index contributed by atoms with van der Waals surface area (Å²) in [6, 6.07) is 9.97. The number of rotatable bonds is 8. The van der Waals surface area contributed by atoms with Gasteiger partial charge >= 0.3 is 0 Å². The third-order valence-electron chi connectivity index (χ3n) is 3.91. The maximum atomic E-state index is 10.2. The minimum Gasteiger partial charge on any atom is -0.390 e. The van der Waals surface area contributed by atoms with Crippen LogP contribution < -0.4 is 5.73 Å². The van der Waals surface area contributed by atoms with Crippen LogP contribution in [-0.4, -0.2) is 41.8 Å². The average molecular weight is 262 g/mol. The molecular weight excluding hydrogens is 236 g/mol. The number of aliphatic hydroxyl groups is 1. The van der Waals surface area contributed by atoms with Crippen molar-refractivity contribution in [2.75, 3.05) is 19.6 Å². The molecule has 3 N–H and O–H groups in total. The zero-order valence-electron chi connectivity index (χ0n) is 11.8. The summed E-state index contributed by atoms with van der Waals surface area (Å²) in [5, 5.41) is 10.2. The lowest BCUT2D eigenvalue weighted by Gasteiger charge is -2.27. The average Bonchev–Trinajstić information content (AvgIpc) is 3.23. The molecule has 0 aromatic heterocycles. The molecule has 0 spiro atoms.